The maximum Gasteiger partial charge on any atom is 0.416 e. The summed E-state index contributed by atoms with van der Waals surface area (Å²) in [5.41, 5.74) is 1.23. The van der Waals surface area contributed by atoms with Crippen LogP contribution in [-0.2, 0) is 6.18 Å². The zero-order valence-corrected chi connectivity index (χ0v) is 5.89. The minimum Gasteiger partial charge on any atom is -0.291 e. The lowest BCUT2D eigenvalue weighted by atomic mass is 10.2. The Morgan fingerprint density at radius 1 is 1.08 bits per heavy atom. The Kier molecular flexibility index (Phi) is 2.23. The first-order valence-corrected chi connectivity index (χ1v) is 3.11. The maximum atomic E-state index is 11.9. The summed E-state index contributed by atoms with van der Waals surface area (Å²) in [5.74, 6) is 0. The smallest absolute Gasteiger partial charge is 0.291 e. The van der Waals surface area contributed by atoms with Crippen LogP contribution in [0.4, 0.5) is 18.9 Å². The first-order chi connectivity index (χ1) is 5.54. The lowest BCUT2D eigenvalue weighted by Gasteiger charge is -2.06. The van der Waals surface area contributed by atoms with Crippen molar-refractivity contribution in [2.75, 3.05) is 5.48 Å². The van der Waals surface area contributed by atoms with Gasteiger partial charge >= 0.3 is 6.18 Å². The second-order valence-corrected chi connectivity index (χ2v) is 2.19. The van der Waals surface area contributed by atoms with Crippen LogP contribution in [0, 0.1) is 0 Å². The van der Waals surface area contributed by atoms with Gasteiger partial charge in [-0.2, -0.15) is 13.2 Å². The lowest BCUT2D eigenvalue weighted by Crippen LogP contribution is -2.04. The van der Waals surface area contributed by atoms with E-state index in [4.69, 9.17) is 5.21 Å². The fourth-order valence-corrected chi connectivity index (χ4v) is 0.734. The SMILES string of the molecule is ONc1ccc(C(F)(F)F)cc1. The molecule has 0 atom stereocenters. The molecule has 0 amide bonds. The Bertz CT molecular complexity index is 254. The summed E-state index contributed by atoms with van der Waals surface area (Å²) in [7, 11) is 0. The number of benzene rings is 1. The van der Waals surface area contributed by atoms with Crippen molar-refractivity contribution in [1.29, 1.82) is 0 Å². The molecule has 1 aromatic rings. The molecule has 0 spiro atoms. The minimum atomic E-state index is -4.33. The Morgan fingerprint density at radius 3 is 1.92 bits per heavy atom. The maximum absolute atomic E-state index is 11.9. The highest BCUT2D eigenvalue weighted by atomic mass is 19.4. The molecule has 0 bridgehead atoms. The van der Waals surface area contributed by atoms with E-state index in [9.17, 15) is 13.2 Å². The monoisotopic (exact) mass is 177 g/mol. The van der Waals surface area contributed by atoms with E-state index in [1.54, 1.807) is 5.48 Å². The number of hydrogen-bond donors (Lipinski definition) is 2. The third-order valence-electron chi connectivity index (χ3n) is 1.34. The predicted octanol–water partition coefficient (Wildman–Crippen LogP) is 2.51. The van der Waals surface area contributed by atoms with Crippen LogP contribution < -0.4 is 5.48 Å². The zero-order chi connectivity index (χ0) is 9.19. The fraction of sp³-hybridized carbons (Fsp3) is 0.143. The number of rotatable bonds is 1. The normalized spacial score (nSPS) is 11.3. The predicted molar refractivity (Wildman–Crippen MR) is 36.9 cm³/mol. The first-order valence-electron chi connectivity index (χ1n) is 3.11. The molecule has 5 heteroatoms. The third-order valence-corrected chi connectivity index (χ3v) is 1.34. The van der Waals surface area contributed by atoms with Gasteiger partial charge in [-0.25, -0.2) is 0 Å². The summed E-state index contributed by atoms with van der Waals surface area (Å²) in [6.07, 6.45) is -4.33. The molecule has 2 nitrogen and oxygen atoms in total. The highest BCUT2D eigenvalue weighted by Gasteiger charge is 2.29. The average Bonchev–Trinajstić information content (AvgIpc) is 2.03. The van der Waals surface area contributed by atoms with Gasteiger partial charge in [0.2, 0.25) is 0 Å². The Balaban J connectivity index is 2.93. The van der Waals surface area contributed by atoms with Crippen LogP contribution >= 0.6 is 0 Å². The van der Waals surface area contributed by atoms with Gasteiger partial charge in [0, 0.05) is 0 Å². The van der Waals surface area contributed by atoms with E-state index in [1.165, 1.54) is 0 Å². The molecule has 12 heavy (non-hydrogen) atoms. The number of anilines is 1. The van der Waals surface area contributed by atoms with Gasteiger partial charge in [0.25, 0.3) is 0 Å². The lowest BCUT2D eigenvalue weighted by molar-refractivity contribution is -0.137. The van der Waals surface area contributed by atoms with Gasteiger partial charge in [0.05, 0.1) is 11.3 Å². The summed E-state index contributed by atoms with van der Waals surface area (Å²) < 4.78 is 35.8. The van der Waals surface area contributed by atoms with Gasteiger partial charge in [-0.15, -0.1) is 0 Å². The van der Waals surface area contributed by atoms with E-state index in [0.29, 0.717) is 0 Å². The minimum absolute atomic E-state index is 0.225. The number of hydrogen-bond acceptors (Lipinski definition) is 2. The van der Waals surface area contributed by atoms with Crippen LogP contribution in [-0.4, -0.2) is 5.21 Å². The summed E-state index contributed by atoms with van der Waals surface area (Å²) >= 11 is 0. The molecule has 0 fully saturated rings. The van der Waals surface area contributed by atoms with E-state index in [2.05, 4.69) is 0 Å². The van der Waals surface area contributed by atoms with Crippen molar-refractivity contribution in [3.63, 3.8) is 0 Å². The fourth-order valence-electron chi connectivity index (χ4n) is 0.734. The molecular weight excluding hydrogens is 171 g/mol. The number of halogens is 3. The van der Waals surface area contributed by atoms with E-state index in [-0.39, 0.29) is 5.69 Å². The first kappa shape index (κ1) is 8.86. The zero-order valence-electron chi connectivity index (χ0n) is 5.89. The van der Waals surface area contributed by atoms with E-state index >= 15 is 0 Å². The standard InChI is InChI=1S/C7H6F3NO/c8-7(9,10)5-1-3-6(11-12)4-2-5/h1-4,11-12H. The second-order valence-electron chi connectivity index (χ2n) is 2.19. The molecule has 0 aliphatic heterocycles. The molecule has 0 aliphatic carbocycles. The van der Waals surface area contributed by atoms with Crippen LogP contribution in [0.15, 0.2) is 24.3 Å². The summed E-state index contributed by atoms with van der Waals surface area (Å²) in [4.78, 5) is 0. The molecular formula is C7H6F3NO. The highest BCUT2D eigenvalue weighted by Crippen LogP contribution is 2.29. The van der Waals surface area contributed by atoms with Crippen molar-refractivity contribution in [3.05, 3.63) is 29.8 Å². The van der Waals surface area contributed by atoms with Crippen LogP contribution in [0.1, 0.15) is 5.56 Å². The Labute approximate surface area is 66.6 Å². The van der Waals surface area contributed by atoms with Crippen molar-refractivity contribution in [2.45, 2.75) is 6.18 Å². The van der Waals surface area contributed by atoms with Gasteiger partial charge in [0.1, 0.15) is 0 Å². The van der Waals surface area contributed by atoms with Crippen LogP contribution in [0.5, 0.6) is 0 Å². The quantitative estimate of drug-likeness (QED) is 0.646. The van der Waals surface area contributed by atoms with Crippen molar-refractivity contribution in [3.8, 4) is 0 Å². The van der Waals surface area contributed by atoms with Crippen molar-refractivity contribution in [2.24, 2.45) is 0 Å². The summed E-state index contributed by atoms with van der Waals surface area (Å²) in [6, 6.07) is 4.06. The van der Waals surface area contributed by atoms with Gasteiger partial charge in [-0.05, 0) is 24.3 Å². The largest absolute Gasteiger partial charge is 0.416 e. The van der Waals surface area contributed by atoms with Crippen molar-refractivity contribution >= 4 is 5.69 Å². The molecule has 0 aromatic heterocycles. The Hall–Kier alpha value is -1.23. The summed E-state index contributed by atoms with van der Waals surface area (Å²) in [6.45, 7) is 0. The van der Waals surface area contributed by atoms with Gasteiger partial charge in [-0.3, -0.25) is 10.7 Å². The average molecular weight is 177 g/mol. The Morgan fingerprint density at radius 2 is 1.58 bits per heavy atom. The second kappa shape index (κ2) is 3.02. The molecule has 1 aromatic carbocycles. The molecule has 0 unspecified atom stereocenters. The molecule has 0 heterocycles. The van der Waals surface area contributed by atoms with E-state index in [1.807, 2.05) is 0 Å². The highest BCUT2D eigenvalue weighted by molar-refractivity contribution is 5.42. The number of nitrogens with one attached hydrogen (secondary N) is 1. The van der Waals surface area contributed by atoms with Gasteiger partial charge in [-0.1, -0.05) is 0 Å². The number of alkyl halides is 3. The topological polar surface area (TPSA) is 32.3 Å². The molecule has 0 saturated heterocycles. The van der Waals surface area contributed by atoms with E-state index in [0.717, 1.165) is 24.3 Å². The molecule has 1 rings (SSSR count). The molecule has 66 valence electrons. The third kappa shape index (κ3) is 1.88. The van der Waals surface area contributed by atoms with E-state index < -0.39 is 11.7 Å². The van der Waals surface area contributed by atoms with Crippen LogP contribution in [0.25, 0.3) is 0 Å². The van der Waals surface area contributed by atoms with Crippen LogP contribution in [0.2, 0.25) is 0 Å². The summed E-state index contributed by atoms with van der Waals surface area (Å²) in [5, 5.41) is 8.30. The van der Waals surface area contributed by atoms with Crippen LogP contribution in [0.3, 0.4) is 0 Å². The van der Waals surface area contributed by atoms with Gasteiger partial charge in [0.15, 0.2) is 0 Å². The molecule has 2 N–H and O–H groups in total. The van der Waals surface area contributed by atoms with Gasteiger partial charge < -0.3 is 0 Å². The molecule has 0 saturated carbocycles. The molecule has 0 radical (unpaired) electrons. The van der Waals surface area contributed by atoms with Crippen molar-refractivity contribution in [1.82, 2.24) is 0 Å². The molecule has 0 aliphatic rings. The van der Waals surface area contributed by atoms with Crippen molar-refractivity contribution < 1.29 is 18.4 Å².